The number of rotatable bonds is 6. The number of amides is 1. The molecule has 1 heterocycles. The zero-order chi connectivity index (χ0) is 21.6. The lowest BCUT2D eigenvalue weighted by Crippen LogP contribution is -2.47. The van der Waals surface area contributed by atoms with Crippen molar-refractivity contribution >= 4 is 11.6 Å². The summed E-state index contributed by atoms with van der Waals surface area (Å²) >= 11 is 0. The molecule has 1 aliphatic rings. The summed E-state index contributed by atoms with van der Waals surface area (Å²) in [6, 6.07) is 23.7. The number of hydrogen-bond acceptors (Lipinski definition) is 3. The van der Waals surface area contributed by atoms with Crippen LogP contribution in [0.5, 0.6) is 5.75 Å². The van der Waals surface area contributed by atoms with Gasteiger partial charge in [-0.2, -0.15) is 0 Å². The van der Waals surface area contributed by atoms with E-state index in [1.807, 2.05) is 53.4 Å². The number of methoxy groups -OCH3 is 1. The van der Waals surface area contributed by atoms with Gasteiger partial charge in [0.2, 0.25) is 0 Å². The molecule has 4 rings (SSSR count). The van der Waals surface area contributed by atoms with Crippen LogP contribution in [-0.4, -0.2) is 37.0 Å². The summed E-state index contributed by atoms with van der Waals surface area (Å²) in [6.07, 6.45) is 1.74. The monoisotopic (exact) mass is 418 g/mol. The average molecular weight is 419 g/mol. The quantitative estimate of drug-likeness (QED) is 0.555. The van der Waals surface area contributed by atoms with Gasteiger partial charge in [-0.05, 0) is 55.3 Å². The SMILES string of the molecule is COc1ccccc1CN1CCC(N(C(=O)c2ccc(F)cc2)c2ccccc2)CC1. The highest BCUT2D eigenvalue weighted by Gasteiger charge is 2.30. The first-order chi connectivity index (χ1) is 15.2. The number of para-hydroxylation sites is 2. The topological polar surface area (TPSA) is 32.8 Å². The third-order valence-electron chi connectivity index (χ3n) is 5.85. The third-order valence-corrected chi connectivity index (χ3v) is 5.85. The Kier molecular flexibility index (Phi) is 6.63. The molecule has 1 amide bonds. The van der Waals surface area contributed by atoms with Crippen molar-refractivity contribution in [3.05, 3.63) is 95.8 Å². The Balaban J connectivity index is 1.50. The van der Waals surface area contributed by atoms with Crippen LogP contribution >= 0.6 is 0 Å². The summed E-state index contributed by atoms with van der Waals surface area (Å²) < 4.78 is 18.9. The van der Waals surface area contributed by atoms with Crippen LogP contribution in [0.2, 0.25) is 0 Å². The molecule has 1 fully saturated rings. The molecule has 0 spiro atoms. The van der Waals surface area contributed by atoms with Crippen molar-refractivity contribution in [2.75, 3.05) is 25.1 Å². The van der Waals surface area contributed by atoms with E-state index in [1.54, 1.807) is 19.2 Å². The first kappa shape index (κ1) is 21.1. The largest absolute Gasteiger partial charge is 0.496 e. The molecule has 0 saturated carbocycles. The Bertz CT molecular complexity index is 999. The minimum absolute atomic E-state index is 0.0885. The highest BCUT2D eigenvalue weighted by Crippen LogP contribution is 2.27. The van der Waals surface area contributed by atoms with Gasteiger partial charge < -0.3 is 9.64 Å². The lowest BCUT2D eigenvalue weighted by molar-refractivity contribution is 0.0958. The number of benzene rings is 3. The number of anilines is 1. The molecule has 0 bridgehead atoms. The van der Waals surface area contributed by atoms with E-state index in [1.165, 1.54) is 17.7 Å². The van der Waals surface area contributed by atoms with Crippen LogP contribution in [0.1, 0.15) is 28.8 Å². The molecule has 0 atom stereocenters. The Morgan fingerprint density at radius 1 is 0.968 bits per heavy atom. The zero-order valence-electron chi connectivity index (χ0n) is 17.7. The van der Waals surface area contributed by atoms with Crippen LogP contribution in [0.3, 0.4) is 0 Å². The van der Waals surface area contributed by atoms with E-state index in [4.69, 9.17) is 4.74 Å². The summed E-state index contributed by atoms with van der Waals surface area (Å²) in [5, 5.41) is 0. The number of halogens is 1. The van der Waals surface area contributed by atoms with Gasteiger partial charge in [-0.3, -0.25) is 9.69 Å². The number of hydrogen-bond donors (Lipinski definition) is 0. The first-order valence-electron chi connectivity index (χ1n) is 10.6. The summed E-state index contributed by atoms with van der Waals surface area (Å²) in [5.41, 5.74) is 2.55. The fourth-order valence-electron chi connectivity index (χ4n) is 4.22. The summed E-state index contributed by atoms with van der Waals surface area (Å²) in [7, 11) is 1.70. The van der Waals surface area contributed by atoms with Crippen LogP contribution in [-0.2, 0) is 6.54 Å². The van der Waals surface area contributed by atoms with Gasteiger partial charge in [-0.1, -0.05) is 36.4 Å². The van der Waals surface area contributed by atoms with Crippen LogP contribution in [0.4, 0.5) is 10.1 Å². The molecule has 0 radical (unpaired) electrons. The first-order valence-corrected chi connectivity index (χ1v) is 10.6. The highest BCUT2D eigenvalue weighted by atomic mass is 19.1. The van der Waals surface area contributed by atoms with Crippen molar-refractivity contribution in [3.8, 4) is 5.75 Å². The molecule has 0 N–H and O–H groups in total. The lowest BCUT2D eigenvalue weighted by Gasteiger charge is -2.38. The van der Waals surface area contributed by atoms with Crippen molar-refractivity contribution in [3.63, 3.8) is 0 Å². The summed E-state index contributed by atoms with van der Waals surface area (Å²) in [4.78, 5) is 17.7. The van der Waals surface area contributed by atoms with E-state index in [0.717, 1.165) is 43.9 Å². The van der Waals surface area contributed by atoms with Crippen molar-refractivity contribution < 1.29 is 13.9 Å². The molecule has 1 aliphatic heterocycles. The van der Waals surface area contributed by atoms with E-state index in [-0.39, 0.29) is 17.8 Å². The molecule has 3 aromatic carbocycles. The second-order valence-electron chi connectivity index (χ2n) is 7.84. The Morgan fingerprint density at radius 3 is 2.29 bits per heavy atom. The van der Waals surface area contributed by atoms with Crippen molar-refractivity contribution in [2.45, 2.75) is 25.4 Å². The molecule has 3 aromatic rings. The van der Waals surface area contributed by atoms with Gasteiger partial charge in [-0.15, -0.1) is 0 Å². The molecular formula is C26H27FN2O2. The van der Waals surface area contributed by atoms with E-state index in [9.17, 15) is 9.18 Å². The number of ether oxygens (including phenoxy) is 1. The normalized spacial score (nSPS) is 14.9. The van der Waals surface area contributed by atoms with Gasteiger partial charge in [0.05, 0.1) is 7.11 Å². The van der Waals surface area contributed by atoms with E-state index >= 15 is 0 Å². The van der Waals surface area contributed by atoms with E-state index in [0.29, 0.717) is 5.56 Å². The molecule has 4 nitrogen and oxygen atoms in total. The smallest absolute Gasteiger partial charge is 0.258 e. The average Bonchev–Trinajstić information content (AvgIpc) is 2.82. The molecule has 1 saturated heterocycles. The van der Waals surface area contributed by atoms with E-state index < -0.39 is 0 Å². The Hall–Kier alpha value is -3.18. The van der Waals surface area contributed by atoms with Crippen LogP contribution < -0.4 is 9.64 Å². The molecule has 0 unspecified atom stereocenters. The third kappa shape index (κ3) is 4.94. The molecule has 0 aliphatic carbocycles. The molecule has 5 heteroatoms. The van der Waals surface area contributed by atoms with Crippen molar-refractivity contribution in [1.29, 1.82) is 0 Å². The minimum Gasteiger partial charge on any atom is -0.496 e. The minimum atomic E-state index is -0.340. The van der Waals surface area contributed by atoms with Crippen molar-refractivity contribution in [1.82, 2.24) is 4.90 Å². The molecule has 31 heavy (non-hydrogen) atoms. The van der Waals surface area contributed by atoms with Gasteiger partial charge in [0.1, 0.15) is 11.6 Å². The Morgan fingerprint density at radius 2 is 1.61 bits per heavy atom. The van der Waals surface area contributed by atoms with Crippen LogP contribution in [0, 0.1) is 5.82 Å². The van der Waals surface area contributed by atoms with Gasteiger partial charge in [-0.25, -0.2) is 4.39 Å². The summed E-state index contributed by atoms with van der Waals surface area (Å²) in [5.74, 6) is 0.476. The molecule has 0 aromatic heterocycles. The van der Waals surface area contributed by atoms with Gasteiger partial charge in [0.15, 0.2) is 0 Å². The second kappa shape index (κ2) is 9.75. The maximum Gasteiger partial charge on any atom is 0.258 e. The molecule has 160 valence electrons. The highest BCUT2D eigenvalue weighted by molar-refractivity contribution is 6.06. The fraction of sp³-hybridized carbons (Fsp3) is 0.269. The predicted molar refractivity (Wildman–Crippen MR) is 121 cm³/mol. The maximum absolute atomic E-state index is 13.4. The molecular weight excluding hydrogens is 391 g/mol. The lowest BCUT2D eigenvalue weighted by atomic mass is 10.00. The van der Waals surface area contributed by atoms with Crippen LogP contribution in [0.15, 0.2) is 78.9 Å². The second-order valence-corrected chi connectivity index (χ2v) is 7.84. The predicted octanol–water partition coefficient (Wildman–Crippen LogP) is 5.15. The van der Waals surface area contributed by atoms with Gasteiger partial charge >= 0.3 is 0 Å². The van der Waals surface area contributed by atoms with Crippen LogP contribution in [0.25, 0.3) is 0 Å². The number of piperidine rings is 1. The fourth-order valence-corrected chi connectivity index (χ4v) is 4.22. The van der Waals surface area contributed by atoms with Gasteiger partial charge in [0.25, 0.3) is 5.91 Å². The Labute approximate surface area is 182 Å². The number of nitrogens with zero attached hydrogens (tertiary/aromatic N) is 2. The maximum atomic E-state index is 13.4. The van der Waals surface area contributed by atoms with E-state index in [2.05, 4.69) is 11.0 Å². The number of carbonyl (C=O) groups is 1. The van der Waals surface area contributed by atoms with Gasteiger partial charge in [0, 0.05) is 42.5 Å². The number of carbonyl (C=O) groups excluding carboxylic acids is 1. The number of likely N-dealkylation sites (tertiary alicyclic amines) is 1. The zero-order valence-corrected chi connectivity index (χ0v) is 17.7. The standard InChI is InChI=1S/C26H27FN2O2/c1-31-25-10-6-5-7-21(25)19-28-17-15-24(16-18-28)29(23-8-3-2-4-9-23)26(30)20-11-13-22(27)14-12-20/h2-14,24H,15-19H2,1H3. The van der Waals surface area contributed by atoms with Crippen molar-refractivity contribution in [2.24, 2.45) is 0 Å². The summed E-state index contributed by atoms with van der Waals surface area (Å²) in [6.45, 7) is 2.61.